The van der Waals surface area contributed by atoms with E-state index in [9.17, 15) is 4.79 Å². The molecule has 0 aliphatic carbocycles. The molecule has 0 unspecified atom stereocenters. The molecule has 1 fully saturated rings. The van der Waals surface area contributed by atoms with Crippen LogP contribution in [0.25, 0.3) is 0 Å². The zero-order chi connectivity index (χ0) is 15.6. The quantitative estimate of drug-likeness (QED) is 0.667. The van der Waals surface area contributed by atoms with Gasteiger partial charge in [0.1, 0.15) is 5.60 Å². The molecule has 0 radical (unpaired) electrons. The molecule has 21 heavy (non-hydrogen) atoms. The molecule has 1 heterocycles. The lowest BCUT2D eigenvalue weighted by molar-refractivity contribution is 0.00696. The highest BCUT2D eigenvalue weighted by molar-refractivity contribution is 5.92. The minimum absolute atomic E-state index is 0.308. The van der Waals surface area contributed by atoms with Crippen molar-refractivity contribution in [1.29, 1.82) is 0 Å². The van der Waals surface area contributed by atoms with Crippen molar-refractivity contribution in [3.8, 4) is 0 Å². The van der Waals surface area contributed by atoms with Crippen molar-refractivity contribution in [2.24, 2.45) is 0 Å². The lowest BCUT2D eigenvalue weighted by Gasteiger charge is -2.34. The van der Waals surface area contributed by atoms with E-state index in [1.165, 1.54) is 0 Å². The number of benzene rings is 1. The Morgan fingerprint density at radius 1 is 1.19 bits per heavy atom. The molecule has 0 saturated carbocycles. The van der Waals surface area contributed by atoms with Crippen LogP contribution in [0, 0.1) is 0 Å². The molecule has 0 amide bonds. The monoisotopic (exact) mass is 291 g/mol. The van der Waals surface area contributed by atoms with Crippen LogP contribution in [0.5, 0.6) is 0 Å². The van der Waals surface area contributed by atoms with Gasteiger partial charge in [0.2, 0.25) is 0 Å². The number of piperazine rings is 1. The van der Waals surface area contributed by atoms with Crippen molar-refractivity contribution in [3.05, 3.63) is 23.8 Å². The van der Waals surface area contributed by atoms with Crippen molar-refractivity contribution in [2.75, 3.05) is 43.9 Å². The van der Waals surface area contributed by atoms with Crippen LogP contribution in [0.15, 0.2) is 18.2 Å². The summed E-state index contributed by atoms with van der Waals surface area (Å²) in [4.78, 5) is 16.7. The van der Waals surface area contributed by atoms with Gasteiger partial charge >= 0.3 is 5.97 Å². The number of nitrogens with two attached hydrogens (primary N) is 1. The number of ether oxygens (including phenoxy) is 1. The third kappa shape index (κ3) is 4.11. The summed E-state index contributed by atoms with van der Waals surface area (Å²) in [5.74, 6) is -0.308. The van der Waals surface area contributed by atoms with E-state index in [0.717, 1.165) is 31.9 Å². The van der Waals surface area contributed by atoms with Crippen molar-refractivity contribution in [3.63, 3.8) is 0 Å². The number of carbonyl (C=O) groups excluding carboxylic acids is 1. The summed E-state index contributed by atoms with van der Waals surface area (Å²) in [5.41, 5.74) is 7.75. The van der Waals surface area contributed by atoms with E-state index >= 15 is 0 Å². The summed E-state index contributed by atoms with van der Waals surface area (Å²) < 4.78 is 5.42. The summed E-state index contributed by atoms with van der Waals surface area (Å²) in [7, 11) is 2.11. The second-order valence-corrected chi connectivity index (χ2v) is 6.57. The fraction of sp³-hybridized carbons (Fsp3) is 0.562. The van der Waals surface area contributed by atoms with Gasteiger partial charge in [-0.3, -0.25) is 0 Å². The number of rotatable bonds is 2. The smallest absolute Gasteiger partial charge is 0.338 e. The SMILES string of the molecule is CN1CCN(c2cc(C(=O)OC(C)(C)C)ccc2N)CC1. The predicted octanol–water partition coefficient (Wildman–Crippen LogP) is 1.98. The molecule has 1 aromatic carbocycles. The Morgan fingerprint density at radius 2 is 1.81 bits per heavy atom. The summed E-state index contributed by atoms with van der Waals surface area (Å²) in [5, 5.41) is 0. The molecule has 2 N–H and O–H groups in total. The highest BCUT2D eigenvalue weighted by Crippen LogP contribution is 2.26. The molecular formula is C16H25N3O2. The van der Waals surface area contributed by atoms with Crippen molar-refractivity contribution in [1.82, 2.24) is 4.90 Å². The van der Waals surface area contributed by atoms with E-state index < -0.39 is 5.60 Å². The maximum atomic E-state index is 12.2. The fourth-order valence-electron chi connectivity index (χ4n) is 2.33. The zero-order valence-corrected chi connectivity index (χ0v) is 13.3. The van der Waals surface area contributed by atoms with E-state index in [0.29, 0.717) is 11.3 Å². The molecule has 0 spiro atoms. The Morgan fingerprint density at radius 3 is 2.38 bits per heavy atom. The third-order valence-corrected chi connectivity index (χ3v) is 3.51. The van der Waals surface area contributed by atoms with Gasteiger partial charge in [-0.2, -0.15) is 0 Å². The fourth-order valence-corrected chi connectivity index (χ4v) is 2.33. The molecule has 5 nitrogen and oxygen atoms in total. The molecule has 1 aliphatic heterocycles. The first-order chi connectivity index (χ1) is 9.76. The number of nitrogens with zero attached hydrogens (tertiary/aromatic N) is 2. The van der Waals surface area contributed by atoms with Crippen LogP contribution in [0.4, 0.5) is 11.4 Å². The van der Waals surface area contributed by atoms with Crippen molar-refractivity contribution in [2.45, 2.75) is 26.4 Å². The van der Waals surface area contributed by atoms with E-state index in [1.807, 2.05) is 26.8 Å². The standard InChI is InChI=1S/C16H25N3O2/c1-16(2,3)21-15(20)12-5-6-13(17)14(11-12)19-9-7-18(4)8-10-19/h5-6,11H,7-10,17H2,1-4H3. The van der Waals surface area contributed by atoms with Crippen LogP contribution in [0.3, 0.4) is 0 Å². The molecular weight excluding hydrogens is 266 g/mol. The Labute approximate surface area is 126 Å². The van der Waals surface area contributed by atoms with Gasteiger partial charge < -0.3 is 20.3 Å². The zero-order valence-electron chi connectivity index (χ0n) is 13.3. The number of anilines is 2. The molecule has 1 aromatic rings. The molecule has 0 aromatic heterocycles. The van der Waals surface area contributed by atoms with Crippen LogP contribution in [0.1, 0.15) is 31.1 Å². The largest absolute Gasteiger partial charge is 0.456 e. The Bertz CT molecular complexity index is 515. The first kappa shape index (κ1) is 15.6. The molecule has 1 aliphatic rings. The average molecular weight is 291 g/mol. The van der Waals surface area contributed by atoms with Crippen molar-refractivity contribution >= 4 is 17.3 Å². The molecule has 116 valence electrons. The normalized spacial score (nSPS) is 16.9. The van der Waals surface area contributed by atoms with Crippen LogP contribution < -0.4 is 10.6 Å². The summed E-state index contributed by atoms with van der Waals surface area (Å²) >= 11 is 0. The Hall–Kier alpha value is -1.75. The number of likely N-dealkylation sites (N-methyl/N-ethyl adjacent to an activating group) is 1. The Kier molecular flexibility index (Phi) is 4.42. The van der Waals surface area contributed by atoms with E-state index in [4.69, 9.17) is 10.5 Å². The van der Waals surface area contributed by atoms with Crippen LogP contribution in [-0.2, 0) is 4.74 Å². The third-order valence-electron chi connectivity index (χ3n) is 3.51. The van der Waals surface area contributed by atoms with Crippen LogP contribution in [0.2, 0.25) is 0 Å². The van der Waals surface area contributed by atoms with E-state index in [1.54, 1.807) is 12.1 Å². The number of carbonyl (C=O) groups is 1. The molecule has 0 atom stereocenters. The molecule has 1 saturated heterocycles. The maximum absolute atomic E-state index is 12.2. The van der Waals surface area contributed by atoms with Crippen molar-refractivity contribution < 1.29 is 9.53 Å². The lowest BCUT2D eigenvalue weighted by Crippen LogP contribution is -2.44. The first-order valence-electron chi connectivity index (χ1n) is 7.32. The molecule has 0 bridgehead atoms. The van der Waals surface area contributed by atoms with E-state index in [-0.39, 0.29) is 5.97 Å². The van der Waals surface area contributed by atoms with Crippen LogP contribution in [-0.4, -0.2) is 49.7 Å². The highest BCUT2D eigenvalue weighted by atomic mass is 16.6. The molecule has 5 heteroatoms. The summed E-state index contributed by atoms with van der Waals surface area (Å²) in [6, 6.07) is 5.35. The maximum Gasteiger partial charge on any atom is 0.338 e. The summed E-state index contributed by atoms with van der Waals surface area (Å²) in [6.45, 7) is 9.42. The Balaban J connectivity index is 2.19. The van der Waals surface area contributed by atoms with Gasteiger partial charge in [-0.05, 0) is 46.0 Å². The van der Waals surface area contributed by atoms with Gasteiger partial charge in [-0.1, -0.05) is 0 Å². The number of nitrogen functional groups attached to an aromatic ring is 1. The second-order valence-electron chi connectivity index (χ2n) is 6.57. The van der Waals surface area contributed by atoms with E-state index in [2.05, 4.69) is 16.8 Å². The van der Waals surface area contributed by atoms with Gasteiger partial charge in [0.15, 0.2) is 0 Å². The minimum Gasteiger partial charge on any atom is -0.456 e. The van der Waals surface area contributed by atoms with Gasteiger partial charge in [0.05, 0.1) is 16.9 Å². The average Bonchev–Trinajstić information content (AvgIpc) is 2.38. The molecule has 2 rings (SSSR count). The van der Waals surface area contributed by atoms with Gasteiger partial charge in [-0.15, -0.1) is 0 Å². The summed E-state index contributed by atoms with van der Waals surface area (Å²) in [6.07, 6.45) is 0. The topological polar surface area (TPSA) is 58.8 Å². The van der Waals surface area contributed by atoms with Gasteiger partial charge in [0, 0.05) is 26.2 Å². The first-order valence-corrected chi connectivity index (χ1v) is 7.32. The van der Waals surface area contributed by atoms with Gasteiger partial charge in [-0.25, -0.2) is 4.79 Å². The highest BCUT2D eigenvalue weighted by Gasteiger charge is 2.21. The number of esters is 1. The van der Waals surface area contributed by atoms with Gasteiger partial charge in [0.25, 0.3) is 0 Å². The van der Waals surface area contributed by atoms with Crippen LogP contribution >= 0.6 is 0 Å². The predicted molar refractivity (Wildman–Crippen MR) is 85.7 cm³/mol. The lowest BCUT2D eigenvalue weighted by atomic mass is 10.1. The minimum atomic E-state index is -0.494. The second kappa shape index (κ2) is 5.93. The number of hydrogen-bond acceptors (Lipinski definition) is 5. The number of hydrogen-bond donors (Lipinski definition) is 1.